The molecule has 1 N–H and O–H groups in total. The van der Waals surface area contributed by atoms with Crippen LogP contribution in [0.5, 0.6) is 0 Å². The number of aryl methyl sites for hydroxylation is 1. The van der Waals surface area contributed by atoms with Crippen molar-refractivity contribution in [2.45, 2.75) is 36.9 Å². The molecule has 0 saturated heterocycles. The van der Waals surface area contributed by atoms with Crippen molar-refractivity contribution in [2.75, 3.05) is 18.5 Å². The summed E-state index contributed by atoms with van der Waals surface area (Å²) >= 11 is 16.7. The first-order valence-electron chi connectivity index (χ1n) is 7.43. The number of carbonyl (C=O) groups is 2. The van der Waals surface area contributed by atoms with Crippen LogP contribution in [-0.2, 0) is 22.3 Å². The van der Waals surface area contributed by atoms with Crippen molar-refractivity contribution in [1.82, 2.24) is 4.98 Å². The minimum absolute atomic E-state index is 0.189. The van der Waals surface area contributed by atoms with Crippen molar-refractivity contribution in [3.63, 3.8) is 0 Å². The fraction of sp³-hybridized carbons (Fsp3) is 0.533. The number of hydrogen-bond acceptors (Lipinski definition) is 5. The van der Waals surface area contributed by atoms with E-state index in [1.54, 1.807) is 13.8 Å². The molecule has 0 fully saturated rings. The molecule has 1 amide bonds. The number of pyridine rings is 1. The highest BCUT2D eigenvalue weighted by molar-refractivity contribution is 6.67. The highest BCUT2D eigenvalue weighted by Gasteiger charge is 2.27. The number of amides is 1. The van der Waals surface area contributed by atoms with Crippen molar-refractivity contribution in [2.24, 2.45) is 0 Å². The van der Waals surface area contributed by atoms with Gasteiger partial charge in [-0.15, -0.1) is 0 Å². The number of fused-ring (bicyclic) bond motifs is 1. The second kappa shape index (κ2) is 7.76. The molecule has 0 unspecified atom stereocenters. The molecule has 2 rings (SSSR count). The van der Waals surface area contributed by atoms with Gasteiger partial charge in [0, 0.05) is 11.3 Å². The molecule has 6 nitrogen and oxygen atoms in total. The van der Waals surface area contributed by atoms with E-state index in [4.69, 9.17) is 44.3 Å². The fourth-order valence-corrected chi connectivity index (χ4v) is 2.70. The SMILES string of the molecule is CCOC(=O)c1nc2c(c(NC(=O)OCC(Cl)(Cl)Cl)c1C)CCC2. The van der Waals surface area contributed by atoms with E-state index in [2.05, 4.69) is 10.3 Å². The van der Waals surface area contributed by atoms with Crippen molar-refractivity contribution < 1.29 is 19.1 Å². The van der Waals surface area contributed by atoms with E-state index < -0.39 is 15.9 Å². The molecule has 0 radical (unpaired) electrons. The first-order chi connectivity index (χ1) is 11.2. The summed E-state index contributed by atoms with van der Waals surface area (Å²) in [4.78, 5) is 28.4. The first kappa shape index (κ1) is 19.1. The van der Waals surface area contributed by atoms with Gasteiger partial charge in [-0.3, -0.25) is 5.32 Å². The molecule has 1 aromatic heterocycles. The highest BCUT2D eigenvalue weighted by atomic mass is 35.6. The van der Waals surface area contributed by atoms with E-state index >= 15 is 0 Å². The Morgan fingerprint density at radius 1 is 1.25 bits per heavy atom. The zero-order valence-electron chi connectivity index (χ0n) is 13.2. The van der Waals surface area contributed by atoms with Gasteiger partial charge in [0.25, 0.3) is 0 Å². The number of ether oxygens (including phenoxy) is 2. The Balaban J connectivity index is 2.28. The highest BCUT2D eigenvalue weighted by Crippen LogP contribution is 2.33. The lowest BCUT2D eigenvalue weighted by Crippen LogP contribution is -2.23. The molecule has 1 aromatic rings. The van der Waals surface area contributed by atoms with E-state index in [9.17, 15) is 9.59 Å². The van der Waals surface area contributed by atoms with Crippen molar-refractivity contribution in [3.8, 4) is 0 Å². The number of alkyl halides is 3. The van der Waals surface area contributed by atoms with Crippen LogP contribution >= 0.6 is 34.8 Å². The standard InChI is InChI=1S/C15H17Cl3N2O4/c1-3-23-13(21)12-8(2)11(9-5-4-6-10(9)19-12)20-14(22)24-7-15(16,17)18/h3-7H2,1-2H3,(H,19,20,22). The number of aromatic nitrogens is 1. The van der Waals surface area contributed by atoms with Crippen LogP contribution < -0.4 is 5.32 Å². The van der Waals surface area contributed by atoms with Gasteiger partial charge in [-0.25, -0.2) is 14.6 Å². The minimum Gasteiger partial charge on any atom is -0.461 e. The van der Waals surface area contributed by atoms with Crippen LogP contribution in [0.1, 0.15) is 40.7 Å². The Morgan fingerprint density at radius 2 is 1.96 bits per heavy atom. The fourth-order valence-electron chi connectivity index (χ4n) is 2.54. The van der Waals surface area contributed by atoms with Gasteiger partial charge >= 0.3 is 12.1 Å². The van der Waals surface area contributed by atoms with E-state index in [0.29, 0.717) is 11.3 Å². The molecule has 0 spiro atoms. The molecule has 1 aliphatic rings. The second-order valence-electron chi connectivity index (χ2n) is 5.28. The molecule has 1 aliphatic carbocycles. The average Bonchev–Trinajstić information content (AvgIpc) is 2.95. The quantitative estimate of drug-likeness (QED) is 0.616. The average molecular weight is 396 g/mol. The normalized spacial score (nSPS) is 13.4. The Kier molecular flexibility index (Phi) is 6.17. The Labute approximate surface area is 154 Å². The number of halogens is 3. The van der Waals surface area contributed by atoms with Gasteiger partial charge in [-0.05, 0) is 38.7 Å². The number of anilines is 1. The molecular weight excluding hydrogens is 379 g/mol. The third-order valence-electron chi connectivity index (χ3n) is 3.53. The zero-order chi connectivity index (χ0) is 17.9. The molecule has 0 atom stereocenters. The summed E-state index contributed by atoms with van der Waals surface area (Å²) in [6.07, 6.45) is 1.62. The number of nitrogens with one attached hydrogen (secondary N) is 1. The smallest absolute Gasteiger partial charge is 0.411 e. The van der Waals surface area contributed by atoms with Crippen LogP contribution in [0.15, 0.2) is 0 Å². The maximum absolute atomic E-state index is 12.1. The summed E-state index contributed by atoms with van der Waals surface area (Å²) in [5.41, 5.74) is 2.90. The lowest BCUT2D eigenvalue weighted by Gasteiger charge is -2.17. The van der Waals surface area contributed by atoms with Crippen molar-refractivity contribution >= 4 is 52.6 Å². The second-order valence-corrected chi connectivity index (χ2v) is 7.79. The molecule has 9 heteroatoms. The van der Waals surface area contributed by atoms with Crippen LogP contribution in [0.3, 0.4) is 0 Å². The van der Waals surface area contributed by atoms with E-state index in [1.165, 1.54) is 0 Å². The molecule has 0 aromatic carbocycles. The van der Waals surface area contributed by atoms with Gasteiger partial charge in [0.05, 0.1) is 12.3 Å². The number of nitrogens with zero attached hydrogens (tertiary/aromatic N) is 1. The number of carbonyl (C=O) groups excluding carboxylic acids is 2. The van der Waals surface area contributed by atoms with Crippen LogP contribution in [0, 0.1) is 6.92 Å². The topological polar surface area (TPSA) is 77.5 Å². The molecule has 132 valence electrons. The Hall–Kier alpha value is -1.24. The van der Waals surface area contributed by atoms with E-state index in [0.717, 1.165) is 30.5 Å². The maximum atomic E-state index is 12.1. The maximum Gasteiger partial charge on any atom is 0.411 e. The Bertz CT molecular complexity index is 659. The first-order valence-corrected chi connectivity index (χ1v) is 8.56. The third kappa shape index (κ3) is 4.65. The van der Waals surface area contributed by atoms with Crippen LogP contribution in [-0.4, -0.2) is 34.1 Å². The van der Waals surface area contributed by atoms with Crippen LogP contribution in [0.25, 0.3) is 0 Å². The minimum atomic E-state index is -1.69. The molecule has 1 heterocycles. The van der Waals surface area contributed by atoms with Gasteiger partial charge in [-0.2, -0.15) is 0 Å². The summed E-state index contributed by atoms with van der Waals surface area (Å²) in [5, 5.41) is 2.64. The molecular formula is C15H17Cl3N2O4. The lowest BCUT2D eigenvalue weighted by atomic mass is 10.1. The predicted molar refractivity (Wildman–Crippen MR) is 92.2 cm³/mol. The summed E-state index contributed by atoms with van der Waals surface area (Å²) in [6, 6.07) is 0. The van der Waals surface area contributed by atoms with Gasteiger partial charge in [0.2, 0.25) is 3.79 Å². The Morgan fingerprint density at radius 3 is 2.58 bits per heavy atom. The molecule has 0 bridgehead atoms. The lowest BCUT2D eigenvalue weighted by molar-refractivity contribution is 0.0518. The van der Waals surface area contributed by atoms with Gasteiger partial charge in [-0.1, -0.05) is 34.8 Å². The monoisotopic (exact) mass is 394 g/mol. The van der Waals surface area contributed by atoms with E-state index in [1.807, 2.05) is 0 Å². The largest absolute Gasteiger partial charge is 0.461 e. The molecule has 24 heavy (non-hydrogen) atoms. The van der Waals surface area contributed by atoms with Gasteiger partial charge in [0.15, 0.2) is 5.69 Å². The third-order valence-corrected chi connectivity index (χ3v) is 3.86. The van der Waals surface area contributed by atoms with Gasteiger partial charge in [0.1, 0.15) is 6.61 Å². The molecule has 0 saturated carbocycles. The summed E-state index contributed by atoms with van der Waals surface area (Å²) < 4.78 is 8.22. The van der Waals surface area contributed by atoms with Crippen molar-refractivity contribution in [3.05, 3.63) is 22.5 Å². The zero-order valence-corrected chi connectivity index (χ0v) is 15.5. The number of rotatable bonds is 4. The van der Waals surface area contributed by atoms with Gasteiger partial charge < -0.3 is 9.47 Å². The van der Waals surface area contributed by atoms with Crippen LogP contribution in [0.2, 0.25) is 0 Å². The van der Waals surface area contributed by atoms with Crippen LogP contribution in [0.4, 0.5) is 10.5 Å². The van der Waals surface area contributed by atoms with Crippen molar-refractivity contribution in [1.29, 1.82) is 0 Å². The summed E-state index contributed by atoms with van der Waals surface area (Å²) in [6.45, 7) is 3.27. The number of esters is 1. The summed E-state index contributed by atoms with van der Waals surface area (Å²) in [5.74, 6) is -0.526. The molecule has 0 aliphatic heterocycles. The summed E-state index contributed by atoms with van der Waals surface area (Å²) in [7, 11) is 0. The van der Waals surface area contributed by atoms with E-state index in [-0.39, 0.29) is 18.9 Å². The predicted octanol–water partition coefficient (Wildman–Crippen LogP) is 3.97. The number of hydrogen-bond donors (Lipinski definition) is 1.